The van der Waals surface area contributed by atoms with Gasteiger partial charge in [0.25, 0.3) is 0 Å². The number of para-hydroxylation sites is 1. The molecule has 0 spiro atoms. The van der Waals surface area contributed by atoms with Gasteiger partial charge < -0.3 is 10.1 Å². The van der Waals surface area contributed by atoms with Gasteiger partial charge in [-0.3, -0.25) is 0 Å². The van der Waals surface area contributed by atoms with E-state index in [2.05, 4.69) is 5.32 Å². The lowest BCUT2D eigenvalue weighted by molar-refractivity contribution is 0.124. The van der Waals surface area contributed by atoms with Crippen LogP contribution in [0.1, 0.15) is 19.3 Å². The summed E-state index contributed by atoms with van der Waals surface area (Å²) >= 11 is 0. The number of anilines is 1. The highest BCUT2D eigenvalue weighted by atomic mass is 32.2. The summed E-state index contributed by atoms with van der Waals surface area (Å²) in [4.78, 5) is 0.314. The highest BCUT2D eigenvalue weighted by Crippen LogP contribution is 2.28. The minimum Gasteiger partial charge on any atom is -0.384 e. The van der Waals surface area contributed by atoms with E-state index >= 15 is 0 Å². The van der Waals surface area contributed by atoms with Crippen molar-refractivity contribution in [1.29, 1.82) is 0 Å². The Kier molecular flexibility index (Phi) is 5.61. The second kappa shape index (κ2) is 7.24. The molecule has 1 saturated carbocycles. The summed E-state index contributed by atoms with van der Waals surface area (Å²) in [5, 5.41) is 3.19. The van der Waals surface area contributed by atoms with Crippen molar-refractivity contribution >= 4 is 15.7 Å². The van der Waals surface area contributed by atoms with E-state index in [1.165, 1.54) is 31.2 Å². The second-order valence-electron chi connectivity index (χ2n) is 5.58. The number of nitrogens with one attached hydrogen (secondary N) is 1. The lowest BCUT2D eigenvalue weighted by Gasteiger charge is -2.16. The van der Waals surface area contributed by atoms with E-state index in [9.17, 15) is 8.42 Å². The van der Waals surface area contributed by atoms with E-state index in [0.29, 0.717) is 23.7 Å². The Bertz CT molecular complexity index is 554. The maximum Gasteiger partial charge on any atom is 0.244 e. The second-order valence-corrected chi connectivity index (χ2v) is 7.70. The van der Waals surface area contributed by atoms with Crippen LogP contribution in [0.15, 0.2) is 29.2 Å². The van der Waals surface area contributed by atoms with Gasteiger partial charge in [0.05, 0.1) is 5.69 Å². The molecule has 6 heteroatoms. The Morgan fingerprint density at radius 3 is 2.67 bits per heavy atom. The predicted octanol–water partition coefficient (Wildman–Crippen LogP) is 2.17. The number of hydrogen-bond acceptors (Lipinski definition) is 4. The number of sulfonamides is 1. The van der Waals surface area contributed by atoms with Crippen LogP contribution in [-0.2, 0) is 14.8 Å². The summed E-state index contributed by atoms with van der Waals surface area (Å²) in [7, 11) is -0.339. The molecular weight excluding hydrogens is 288 g/mol. The van der Waals surface area contributed by atoms with Crippen LogP contribution in [0, 0.1) is 5.92 Å². The fourth-order valence-electron chi connectivity index (χ4n) is 1.97. The smallest absolute Gasteiger partial charge is 0.244 e. The first-order valence-corrected chi connectivity index (χ1v) is 8.79. The van der Waals surface area contributed by atoms with Crippen molar-refractivity contribution in [2.45, 2.75) is 24.2 Å². The number of nitrogens with zero attached hydrogens (tertiary/aromatic N) is 1. The maximum atomic E-state index is 12.2. The average molecular weight is 312 g/mol. The van der Waals surface area contributed by atoms with E-state index in [4.69, 9.17) is 4.74 Å². The zero-order valence-electron chi connectivity index (χ0n) is 12.7. The molecule has 21 heavy (non-hydrogen) atoms. The van der Waals surface area contributed by atoms with Crippen molar-refractivity contribution in [3.63, 3.8) is 0 Å². The quantitative estimate of drug-likeness (QED) is 0.710. The minimum absolute atomic E-state index is 0.314. The van der Waals surface area contributed by atoms with Crippen molar-refractivity contribution in [3.8, 4) is 0 Å². The van der Waals surface area contributed by atoms with Crippen LogP contribution in [0.2, 0.25) is 0 Å². The van der Waals surface area contributed by atoms with Crippen LogP contribution in [-0.4, -0.2) is 46.6 Å². The largest absolute Gasteiger partial charge is 0.384 e. The third-order valence-electron chi connectivity index (χ3n) is 3.48. The van der Waals surface area contributed by atoms with Crippen LogP contribution in [0.4, 0.5) is 5.69 Å². The van der Waals surface area contributed by atoms with Crippen molar-refractivity contribution in [3.05, 3.63) is 24.3 Å². The van der Waals surface area contributed by atoms with Gasteiger partial charge in [0.1, 0.15) is 4.90 Å². The standard InChI is InChI=1S/C15H24N2O3S/c1-17(2)21(18,19)15-7-4-3-6-14(15)16-10-5-11-20-12-13-8-9-13/h3-4,6-7,13,16H,5,8-12H2,1-2H3. The third-order valence-corrected chi connectivity index (χ3v) is 5.35. The summed E-state index contributed by atoms with van der Waals surface area (Å²) < 4.78 is 31.3. The Labute approximate surface area is 127 Å². The lowest BCUT2D eigenvalue weighted by Crippen LogP contribution is -2.23. The van der Waals surface area contributed by atoms with Gasteiger partial charge in [0.2, 0.25) is 10.0 Å². The molecule has 1 aliphatic carbocycles. The normalized spacial score (nSPS) is 15.4. The van der Waals surface area contributed by atoms with Gasteiger partial charge in [0.15, 0.2) is 0 Å². The fourth-order valence-corrected chi connectivity index (χ4v) is 3.03. The molecule has 1 aliphatic rings. The molecule has 0 amide bonds. The lowest BCUT2D eigenvalue weighted by atomic mass is 10.3. The molecule has 5 nitrogen and oxygen atoms in total. The highest BCUT2D eigenvalue weighted by Gasteiger charge is 2.21. The van der Waals surface area contributed by atoms with Crippen molar-refractivity contribution in [1.82, 2.24) is 4.31 Å². The van der Waals surface area contributed by atoms with E-state index in [1.807, 2.05) is 6.07 Å². The molecule has 118 valence electrons. The summed E-state index contributed by atoms with van der Waals surface area (Å²) in [6.45, 7) is 2.28. The fraction of sp³-hybridized carbons (Fsp3) is 0.600. The van der Waals surface area contributed by atoms with Gasteiger partial charge in [-0.05, 0) is 37.3 Å². The predicted molar refractivity (Wildman–Crippen MR) is 84.0 cm³/mol. The molecule has 1 aromatic carbocycles. The van der Waals surface area contributed by atoms with Gasteiger partial charge in [0, 0.05) is 33.9 Å². The van der Waals surface area contributed by atoms with Crippen LogP contribution in [0.25, 0.3) is 0 Å². The van der Waals surface area contributed by atoms with Crippen LogP contribution in [0.3, 0.4) is 0 Å². The Hall–Kier alpha value is -1.11. The first kappa shape index (κ1) is 16.3. The summed E-state index contributed by atoms with van der Waals surface area (Å²) in [5.74, 6) is 0.781. The monoisotopic (exact) mass is 312 g/mol. The minimum atomic E-state index is -3.42. The molecule has 2 rings (SSSR count). The van der Waals surface area contributed by atoms with Gasteiger partial charge in [-0.15, -0.1) is 0 Å². The Balaban J connectivity index is 1.84. The number of rotatable bonds is 9. The molecule has 0 saturated heterocycles. The van der Waals surface area contributed by atoms with Gasteiger partial charge in [-0.1, -0.05) is 12.1 Å². The summed E-state index contributed by atoms with van der Waals surface area (Å²) in [5.41, 5.74) is 0.647. The first-order valence-electron chi connectivity index (χ1n) is 7.35. The van der Waals surface area contributed by atoms with Crippen molar-refractivity contribution < 1.29 is 13.2 Å². The van der Waals surface area contributed by atoms with E-state index < -0.39 is 10.0 Å². The zero-order chi connectivity index (χ0) is 15.3. The molecule has 0 unspecified atom stereocenters. The van der Waals surface area contributed by atoms with Crippen molar-refractivity contribution in [2.75, 3.05) is 39.2 Å². The van der Waals surface area contributed by atoms with Crippen molar-refractivity contribution in [2.24, 2.45) is 5.92 Å². The summed E-state index contributed by atoms with van der Waals surface area (Å²) in [6.07, 6.45) is 3.46. The molecule has 0 aliphatic heterocycles. The molecular formula is C15H24N2O3S. The van der Waals surface area contributed by atoms with Gasteiger partial charge >= 0.3 is 0 Å². The summed E-state index contributed by atoms with van der Waals surface area (Å²) in [6, 6.07) is 6.99. The SMILES string of the molecule is CN(C)S(=O)(=O)c1ccccc1NCCCOCC1CC1. The average Bonchev–Trinajstić information content (AvgIpc) is 3.27. The Morgan fingerprint density at radius 2 is 2.00 bits per heavy atom. The molecule has 0 radical (unpaired) electrons. The number of hydrogen-bond donors (Lipinski definition) is 1. The molecule has 0 aromatic heterocycles. The van der Waals surface area contributed by atoms with Gasteiger partial charge in [-0.2, -0.15) is 0 Å². The molecule has 1 aromatic rings. The van der Waals surface area contributed by atoms with Crippen LogP contribution in [0.5, 0.6) is 0 Å². The number of ether oxygens (including phenoxy) is 1. The molecule has 1 fully saturated rings. The Morgan fingerprint density at radius 1 is 1.29 bits per heavy atom. The van der Waals surface area contributed by atoms with E-state index in [0.717, 1.165) is 18.9 Å². The topological polar surface area (TPSA) is 58.6 Å². The van der Waals surface area contributed by atoms with E-state index in [1.54, 1.807) is 18.2 Å². The number of benzene rings is 1. The third kappa shape index (κ3) is 4.69. The first-order chi connectivity index (χ1) is 10.0. The molecule has 0 heterocycles. The maximum absolute atomic E-state index is 12.2. The highest BCUT2D eigenvalue weighted by molar-refractivity contribution is 7.89. The molecule has 0 atom stereocenters. The van der Waals surface area contributed by atoms with E-state index in [-0.39, 0.29) is 0 Å². The molecule has 0 bridgehead atoms. The van der Waals surface area contributed by atoms with Crippen LogP contribution < -0.4 is 5.32 Å². The van der Waals surface area contributed by atoms with Crippen LogP contribution >= 0.6 is 0 Å². The molecule has 1 N–H and O–H groups in total. The zero-order valence-corrected chi connectivity index (χ0v) is 13.5. The van der Waals surface area contributed by atoms with Gasteiger partial charge in [-0.25, -0.2) is 12.7 Å².